The van der Waals surface area contributed by atoms with E-state index in [4.69, 9.17) is 8.83 Å². The van der Waals surface area contributed by atoms with E-state index in [9.17, 15) is 19.8 Å². The zero-order chi connectivity index (χ0) is 18.3. The first kappa shape index (κ1) is 15.7. The molecule has 0 radical (unpaired) electrons. The molecule has 0 saturated carbocycles. The van der Waals surface area contributed by atoms with E-state index in [0.717, 1.165) is 10.8 Å². The van der Waals surface area contributed by atoms with Gasteiger partial charge in [-0.25, -0.2) is 9.59 Å². The van der Waals surface area contributed by atoms with Crippen LogP contribution in [0.25, 0.3) is 33.0 Å². The van der Waals surface area contributed by atoms with Gasteiger partial charge >= 0.3 is 11.9 Å². The maximum absolute atomic E-state index is 11.5. The number of fused-ring (bicyclic) bond motifs is 1. The fourth-order valence-electron chi connectivity index (χ4n) is 3.16. The van der Waals surface area contributed by atoms with Gasteiger partial charge < -0.3 is 19.0 Å². The molecule has 128 valence electrons. The minimum Gasteiger partial charge on any atom is -0.475 e. The highest BCUT2D eigenvalue weighted by Gasteiger charge is 2.22. The smallest absolute Gasteiger partial charge is 0.372 e. The SMILES string of the molecule is O=C(O)c1occc1-c1cccc2cccc(-c3ccoc3C(=O)O)c12. The summed E-state index contributed by atoms with van der Waals surface area (Å²) in [7, 11) is 0. The lowest BCUT2D eigenvalue weighted by Crippen LogP contribution is -1.98. The molecule has 0 aliphatic rings. The van der Waals surface area contributed by atoms with Crippen molar-refractivity contribution in [1.29, 1.82) is 0 Å². The molecule has 2 N–H and O–H groups in total. The fraction of sp³-hybridized carbons (Fsp3) is 0. The number of hydrogen-bond acceptors (Lipinski definition) is 4. The normalized spacial score (nSPS) is 10.9. The van der Waals surface area contributed by atoms with Crippen LogP contribution in [-0.4, -0.2) is 22.2 Å². The van der Waals surface area contributed by atoms with Crippen molar-refractivity contribution in [2.75, 3.05) is 0 Å². The molecule has 2 aromatic carbocycles. The predicted octanol–water partition coefficient (Wildman–Crippen LogP) is 4.76. The van der Waals surface area contributed by atoms with E-state index in [0.29, 0.717) is 22.3 Å². The van der Waals surface area contributed by atoms with Gasteiger partial charge in [0.25, 0.3) is 0 Å². The summed E-state index contributed by atoms with van der Waals surface area (Å²) in [6, 6.07) is 14.1. The summed E-state index contributed by atoms with van der Waals surface area (Å²) in [5.41, 5.74) is 2.13. The van der Waals surface area contributed by atoms with Crippen molar-refractivity contribution in [2.45, 2.75) is 0 Å². The van der Waals surface area contributed by atoms with Crippen LogP contribution in [0.3, 0.4) is 0 Å². The van der Waals surface area contributed by atoms with Crippen molar-refractivity contribution in [3.8, 4) is 22.3 Å². The second-order valence-corrected chi connectivity index (χ2v) is 5.65. The summed E-state index contributed by atoms with van der Waals surface area (Å²) in [6.45, 7) is 0. The molecule has 0 bridgehead atoms. The molecule has 0 aliphatic heterocycles. The maximum atomic E-state index is 11.5. The average Bonchev–Trinajstić information content (AvgIpc) is 3.30. The second-order valence-electron chi connectivity index (χ2n) is 5.65. The second kappa shape index (κ2) is 5.93. The zero-order valence-corrected chi connectivity index (χ0v) is 13.3. The van der Waals surface area contributed by atoms with E-state index >= 15 is 0 Å². The minimum absolute atomic E-state index is 0.169. The first-order valence-corrected chi connectivity index (χ1v) is 7.72. The maximum Gasteiger partial charge on any atom is 0.372 e. The Labute approximate surface area is 146 Å². The Bertz CT molecular complexity index is 1060. The molecular weight excluding hydrogens is 336 g/mol. The molecular formula is C20H12O6. The topological polar surface area (TPSA) is 101 Å². The van der Waals surface area contributed by atoms with E-state index < -0.39 is 11.9 Å². The van der Waals surface area contributed by atoms with Crippen LogP contribution in [0, 0.1) is 0 Å². The van der Waals surface area contributed by atoms with Crippen molar-refractivity contribution in [3.05, 3.63) is 72.6 Å². The van der Waals surface area contributed by atoms with Gasteiger partial charge in [-0.3, -0.25) is 0 Å². The average molecular weight is 348 g/mol. The third-order valence-corrected chi connectivity index (χ3v) is 4.20. The summed E-state index contributed by atoms with van der Waals surface area (Å²) in [5, 5.41) is 20.3. The number of hydrogen-bond donors (Lipinski definition) is 2. The Morgan fingerprint density at radius 1 is 0.654 bits per heavy atom. The monoisotopic (exact) mass is 348 g/mol. The Morgan fingerprint density at radius 3 is 1.54 bits per heavy atom. The van der Waals surface area contributed by atoms with Crippen LogP contribution in [0.2, 0.25) is 0 Å². The third-order valence-electron chi connectivity index (χ3n) is 4.20. The standard InChI is InChI=1S/C20H12O6/c21-19(22)17-14(7-9-25-17)12-5-1-3-11-4-2-6-13(16(11)12)15-8-10-26-18(15)20(23)24/h1-10H,(H,21,22)(H,23,24). The van der Waals surface area contributed by atoms with E-state index in [1.54, 1.807) is 24.3 Å². The van der Waals surface area contributed by atoms with Crippen LogP contribution in [0.15, 0.2) is 69.9 Å². The van der Waals surface area contributed by atoms with Crippen molar-refractivity contribution >= 4 is 22.7 Å². The first-order chi connectivity index (χ1) is 12.6. The van der Waals surface area contributed by atoms with Crippen LogP contribution >= 0.6 is 0 Å². The van der Waals surface area contributed by atoms with Crippen LogP contribution < -0.4 is 0 Å². The molecule has 0 atom stereocenters. The molecule has 26 heavy (non-hydrogen) atoms. The largest absolute Gasteiger partial charge is 0.475 e. The lowest BCUT2D eigenvalue weighted by atomic mass is 9.91. The van der Waals surface area contributed by atoms with Crippen molar-refractivity contribution in [3.63, 3.8) is 0 Å². The van der Waals surface area contributed by atoms with Gasteiger partial charge in [-0.15, -0.1) is 0 Å². The molecule has 2 heterocycles. The Balaban J connectivity index is 2.08. The minimum atomic E-state index is -1.17. The van der Waals surface area contributed by atoms with Gasteiger partial charge in [-0.05, 0) is 34.0 Å². The summed E-state index contributed by atoms with van der Waals surface area (Å²) >= 11 is 0. The van der Waals surface area contributed by atoms with Crippen LogP contribution in [0.5, 0.6) is 0 Å². The van der Waals surface area contributed by atoms with Crippen LogP contribution in [0.1, 0.15) is 21.1 Å². The highest BCUT2D eigenvalue weighted by atomic mass is 16.4. The van der Waals surface area contributed by atoms with E-state index in [1.165, 1.54) is 12.5 Å². The van der Waals surface area contributed by atoms with Crippen molar-refractivity contribution in [1.82, 2.24) is 0 Å². The first-order valence-electron chi connectivity index (χ1n) is 7.72. The molecule has 0 saturated heterocycles. The van der Waals surface area contributed by atoms with Crippen molar-refractivity contribution < 1.29 is 28.6 Å². The number of aromatic carboxylic acids is 2. The molecule has 6 heteroatoms. The molecule has 0 fully saturated rings. The van der Waals surface area contributed by atoms with Crippen LogP contribution in [0.4, 0.5) is 0 Å². The number of carbonyl (C=O) groups is 2. The molecule has 4 aromatic rings. The summed E-state index contributed by atoms with van der Waals surface area (Å²) < 4.78 is 10.2. The van der Waals surface area contributed by atoms with Gasteiger partial charge in [-0.1, -0.05) is 36.4 Å². The summed E-state index contributed by atoms with van der Waals surface area (Å²) in [5.74, 6) is -2.68. The van der Waals surface area contributed by atoms with Gasteiger partial charge in [0, 0.05) is 11.1 Å². The molecule has 0 unspecified atom stereocenters. The predicted molar refractivity (Wildman–Crippen MR) is 93.3 cm³/mol. The van der Waals surface area contributed by atoms with E-state index in [1.807, 2.05) is 24.3 Å². The number of rotatable bonds is 4. The van der Waals surface area contributed by atoms with Gasteiger partial charge in [0.15, 0.2) is 0 Å². The summed E-state index contributed by atoms with van der Waals surface area (Å²) in [4.78, 5) is 22.9. The molecule has 0 aliphatic carbocycles. The number of carboxylic acids is 2. The molecule has 2 aromatic heterocycles. The number of carboxylic acid groups (broad SMARTS) is 2. The lowest BCUT2D eigenvalue weighted by molar-refractivity contribution is 0.0653. The number of furan rings is 2. The molecule has 6 nitrogen and oxygen atoms in total. The highest BCUT2D eigenvalue weighted by Crippen LogP contribution is 2.39. The quantitative estimate of drug-likeness (QED) is 0.551. The van der Waals surface area contributed by atoms with Gasteiger partial charge in [-0.2, -0.15) is 0 Å². The van der Waals surface area contributed by atoms with Crippen LogP contribution in [-0.2, 0) is 0 Å². The van der Waals surface area contributed by atoms with Gasteiger partial charge in [0.2, 0.25) is 11.5 Å². The fourth-order valence-corrected chi connectivity index (χ4v) is 3.16. The number of benzene rings is 2. The van der Waals surface area contributed by atoms with Crippen molar-refractivity contribution in [2.24, 2.45) is 0 Å². The molecule has 0 spiro atoms. The lowest BCUT2D eigenvalue weighted by Gasteiger charge is -2.11. The highest BCUT2D eigenvalue weighted by molar-refractivity contribution is 6.10. The Hall–Kier alpha value is -3.80. The molecule has 0 amide bonds. The zero-order valence-electron chi connectivity index (χ0n) is 13.3. The Kier molecular flexibility index (Phi) is 3.58. The van der Waals surface area contributed by atoms with E-state index in [2.05, 4.69) is 0 Å². The Morgan fingerprint density at radius 2 is 1.12 bits per heavy atom. The van der Waals surface area contributed by atoms with Gasteiger partial charge in [0.05, 0.1) is 12.5 Å². The summed E-state index contributed by atoms with van der Waals surface area (Å²) in [6.07, 6.45) is 2.64. The molecule has 4 rings (SSSR count). The van der Waals surface area contributed by atoms with E-state index in [-0.39, 0.29) is 11.5 Å². The third kappa shape index (κ3) is 2.36. The van der Waals surface area contributed by atoms with Gasteiger partial charge in [0.1, 0.15) is 0 Å².